The number of rotatable bonds is 5. The molecule has 0 saturated heterocycles. The van der Waals surface area contributed by atoms with Crippen molar-refractivity contribution in [3.8, 4) is 0 Å². The van der Waals surface area contributed by atoms with Crippen LogP contribution < -0.4 is 5.32 Å². The average molecular weight is 252 g/mol. The molecule has 2 aromatic rings. The molecule has 1 N–H and O–H groups in total. The second-order valence-corrected chi connectivity index (χ2v) is 4.36. The van der Waals surface area contributed by atoms with Gasteiger partial charge in [0.1, 0.15) is 5.58 Å². The molecular weight excluding hydrogens is 238 g/mol. The van der Waals surface area contributed by atoms with Crippen LogP contribution in [-0.2, 0) is 0 Å². The van der Waals surface area contributed by atoms with Gasteiger partial charge in [0.25, 0.3) is 0 Å². The van der Waals surface area contributed by atoms with E-state index < -0.39 is 0 Å². The topological polar surface area (TPSA) is 42.2 Å². The van der Waals surface area contributed by atoms with E-state index in [2.05, 4.69) is 5.32 Å². The SMILES string of the molecule is CNCCCC(=O)c1cc2cc(Cl)ccc2o1. The number of carbonyl (C=O) groups excluding carboxylic acids is 1. The van der Waals surface area contributed by atoms with Crippen LogP contribution in [0.25, 0.3) is 11.0 Å². The summed E-state index contributed by atoms with van der Waals surface area (Å²) in [4.78, 5) is 11.8. The Kier molecular flexibility index (Phi) is 3.82. The minimum Gasteiger partial charge on any atom is -0.453 e. The van der Waals surface area contributed by atoms with Crippen LogP contribution in [0.2, 0.25) is 5.02 Å². The Labute approximate surface area is 105 Å². The number of Topliss-reactive ketones (excluding diaryl/α,β-unsaturated/α-hetero) is 1. The molecule has 90 valence electrons. The van der Waals surface area contributed by atoms with Crippen molar-refractivity contribution in [2.75, 3.05) is 13.6 Å². The van der Waals surface area contributed by atoms with Crippen molar-refractivity contribution in [3.05, 3.63) is 35.0 Å². The highest BCUT2D eigenvalue weighted by Gasteiger charge is 2.11. The number of benzene rings is 1. The van der Waals surface area contributed by atoms with Crippen LogP contribution in [-0.4, -0.2) is 19.4 Å². The van der Waals surface area contributed by atoms with Crippen molar-refractivity contribution in [1.82, 2.24) is 5.32 Å². The molecule has 4 heteroatoms. The highest BCUT2D eigenvalue weighted by molar-refractivity contribution is 6.31. The Balaban J connectivity index is 2.15. The van der Waals surface area contributed by atoms with Gasteiger partial charge in [-0.25, -0.2) is 0 Å². The van der Waals surface area contributed by atoms with Crippen molar-refractivity contribution < 1.29 is 9.21 Å². The lowest BCUT2D eigenvalue weighted by molar-refractivity contribution is 0.0955. The summed E-state index contributed by atoms with van der Waals surface area (Å²) >= 11 is 5.88. The first-order valence-corrected chi connectivity index (χ1v) is 5.95. The molecule has 0 bridgehead atoms. The van der Waals surface area contributed by atoms with E-state index in [1.165, 1.54) is 0 Å². The summed E-state index contributed by atoms with van der Waals surface area (Å²) in [6.07, 6.45) is 1.31. The van der Waals surface area contributed by atoms with Gasteiger partial charge in [0.15, 0.2) is 11.5 Å². The monoisotopic (exact) mass is 251 g/mol. The summed E-state index contributed by atoms with van der Waals surface area (Å²) in [6.45, 7) is 0.831. The van der Waals surface area contributed by atoms with Crippen molar-refractivity contribution in [2.24, 2.45) is 0 Å². The third-order valence-corrected chi connectivity index (χ3v) is 2.82. The summed E-state index contributed by atoms with van der Waals surface area (Å²) < 4.78 is 5.49. The molecule has 0 saturated carbocycles. The molecule has 0 radical (unpaired) electrons. The molecule has 0 aliphatic carbocycles. The van der Waals surface area contributed by atoms with Crippen molar-refractivity contribution in [1.29, 1.82) is 0 Å². The number of nitrogens with one attached hydrogen (secondary N) is 1. The summed E-state index contributed by atoms with van der Waals surface area (Å²) in [6, 6.07) is 7.08. The zero-order valence-corrected chi connectivity index (χ0v) is 10.4. The van der Waals surface area contributed by atoms with Gasteiger partial charge in [-0.05, 0) is 44.3 Å². The largest absolute Gasteiger partial charge is 0.453 e. The van der Waals surface area contributed by atoms with Gasteiger partial charge >= 0.3 is 0 Å². The Hall–Kier alpha value is -1.32. The van der Waals surface area contributed by atoms with Crippen LogP contribution >= 0.6 is 11.6 Å². The van der Waals surface area contributed by atoms with Gasteiger partial charge in [-0.15, -0.1) is 0 Å². The highest BCUT2D eigenvalue weighted by Crippen LogP contribution is 2.23. The van der Waals surface area contributed by atoms with Gasteiger partial charge in [0, 0.05) is 16.8 Å². The van der Waals surface area contributed by atoms with E-state index in [1.807, 2.05) is 7.05 Å². The van der Waals surface area contributed by atoms with E-state index in [1.54, 1.807) is 24.3 Å². The van der Waals surface area contributed by atoms with E-state index in [0.29, 0.717) is 22.8 Å². The molecule has 0 aliphatic heterocycles. The van der Waals surface area contributed by atoms with Crippen LogP contribution in [0.3, 0.4) is 0 Å². The second-order valence-electron chi connectivity index (χ2n) is 3.92. The van der Waals surface area contributed by atoms with Crippen LogP contribution in [0.5, 0.6) is 0 Å². The highest BCUT2D eigenvalue weighted by atomic mass is 35.5. The maximum absolute atomic E-state index is 11.8. The standard InChI is InChI=1S/C13H14ClNO2/c1-15-6-2-3-11(16)13-8-9-7-10(14)4-5-12(9)17-13/h4-5,7-8,15H,2-3,6H2,1H3. The molecule has 0 spiro atoms. The van der Waals surface area contributed by atoms with Gasteiger partial charge in [0.05, 0.1) is 0 Å². The van der Waals surface area contributed by atoms with Crippen molar-refractivity contribution in [2.45, 2.75) is 12.8 Å². The van der Waals surface area contributed by atoms with E-state index in [-0.39, 0.29) is 5.78 Å². The molecule has 17 heavy (non-hydrogen) atoms. The molecule has 1 aromatic carbocycles. The number of carbonyl (C=O) groups is 1. The third-order valence-electron chi connectivity index (χ3n) is 2.58. The number of hydrogen-bond donors (Lipinski definition) is 1. The number of fused-ring (bicyclic) bond motifs is 1. The smallest absolute Gasteiger partial charge is 0.198 e. The van der Waals surface area contributed by atoms with Crippen LogP contribution in [0.15, 0.2) is 28.7 Å². The normalized spacial score (nSPS) is 10.9. The summed E-state index contributed by atoms with van der Waals surface area (Å²) in [5.74, 6) is 0.450. The van der Waals surface area contributed by atoms with Crippen molar-refractivity contribution in [3.63, 3.8) is 0 Å². The first kappa shape index (κ1) is 12.1. The molecule has 0 aliphatic rings. The molecule has 1 heterocycles. The van der Waals surface area contributed by atoms with Crippen LogP contribution in [0, 0.1) is 0 Å². The maximum atomic E-state index is 11.8. The lowest BCUT2D eigenvalue weighted by Crippen LogP contribution is -2.09. The minimum atomic E-state index is 0.0348. The second kappa shape index (κ2) is 5.34. The molecule has 0 atom stereocenters. The lowest BCUT2D eigenvalue weighted by Gasteiger charge is -1.96. The van der Waals surface area contributed by atoms with E-state index in [0.717, 1.165) is 18.4 Å². The Morgan fingerprint density at radius 3 is 3.00 bits per heavy atom. The van der Waals surface area contributed by atoms with Crippen LogP contribution in [0.4, 0.5) is 0 Å². The van der Waals surface area contributed by atoms with Gasteiger partial charge in [0.2, 0.25) is 0 Å². The fourth-order valence-corrected chi connectivity index (χ4v) is 1.88. The van der Waals surface area contributed by atoms with E-state index in [9.17, 15) is 4.79 Å². The molecule has 1 aromatic heterocycles. The maximum Gasteiger partial charge on any atom is 0.198 e. The molecule has 0 fully saturated rings. The first-order valence-electron chi connectivity index (χ1n) is 5.57. The van der Waals surface area contributed by atoms with Gasteiger partial charge in [-0.3, -0.25) is 4.79 Å². The molecule has 2 rings (SSSR count). The molecular formula is C13H14ClNO2. The summed E-state index contributed by atoms with van der Waals surface area (Å²) in [5.41, 5.74) is 0.700. The Morgan fingerprint density at radius 1 is 1.41 bits per heavy atom. The van der Waals surface area contributed by atoms with Gasteiger partial charge < -0.3 is 9.73 Å². The minimum absolute atomic E-state index is 0.0348. The third kappa shape index (κ3) is 2.87. The van der Waals surface area contributed by atoms with E-state index >= 15 is 0 Å². The number of ketones is 1. The Morgan fingerprint density at radius 2 is 2.24 bits per heavy atom. The first-order chi connectivity index (χ1) is 8.20. The molecule has 0 unspecified atom stereocenters. The number of furan rings is 1. The lowest BCUT2D eigenvalue weighted by atomic mass is 10.1. The fraction of sp³-hybridized carbons (Fsp3) is 0.308. The number of hydrogen-bond acceptors (Lipinski definition) is 3. The zero-order chi connectivity index (χ0) is 12.3. The summed E-state index contributed by atoms with van der Waals surface area (Å²) in [7, 11) is 1.87. The zero-order valence-electron chi connectivity index (χ0n) is 9.63. The number of halogens is 1. The molecule has 0 amide bonds. The van der Waals surface area contributed by atoms with Crippen LogP contribution in [0.1, 0.15) is 23.4 Å². The predicted molar refractivity (Wildman–Crippen MR) is 68.7 cm³/mol. The summed E-state index contributed by atoms with van der Waals surface area (Å²) in [5, 5.41) is 4.52. The van der Waals surface area contributed by atoms with Gasteiger partial charge in [-0.2, -0.15) is 0 Å². The van der Waals surface area contributed by atoms with Gasteiger partial charge in [-0.1, -0.05) is 11.6 Å². The Bertz CT molecular complexity index is 533. The average Bonchev–Trinajstić information content (AvgIpc) is 2.72. The van der Waals surface area contributed by atoms with E-state index in [4.69, 9.17) is 16.0 Å². The quantitative estimate of drug-likeness (QED) is 0.655. The predicted octanol–water partition coefficient (Wildman–Crippen LogP) is 3.27. The molecule has 3 nitrogen and oxygen atoms in total. The fourth-order valence-electron chi connectivity index (χ4n) is 1.70. The van der Waals surface area contributed by atoms with Crippen molar-refractivity contribution >= 4 is 28.4 Å².